The van der Waals surface area contributed by atoms with Gasteiger partial charge < -0.3 is 10.1 Å². The fourth-order valence-electron chi connectivity index (χ4n) is 1.25. The van der Waals surface area contributed by atoms with Crippen molar-refractivity contribution < 1.29 is 4.74 Å². The summed E-state index contributed by atoms with van der Waals surface area (Å²) in [4.78, 5) is 0. The van der Waals surface area contributed by atoms with E-state index >= 15 is 0 Å². The van der Waals surface area contributed by atoms with E-state index in [0.717, 1.165) is 24.6 Å². The Labute approximate surface area is 78.9 Å². The Morgan fingerprint density at radius 3 is 2.92 bits per heavy atom. The first kappa shape index (κ1) is 9.47. The van der Waals surface area contributed by atoms with Gasteiger partial charge in [0.25, 0.3) is 0 Å². The van der Waals surface area contributed by atoms with Gasteiger partial charge in [0.2, 0.25) is 0 Å². The highest BCUT2D eigenvalue weighted by Crippen LogP contribution is 2.27. The molecule has 0 bridgehead atoms. The van der Waals surface area contributed by atoms with Gasteiger partial charge in [0, 0.05) is 6.54 Å². The summed E-state index contributed by atoms with van der Waals surface area (Å²) < 4.78 is 5.42. The van der Waals surface area contributed by atoms with Gasteiger partial charge in [0.1, 0.15) is 12.4 Å². The van der Waals surface area contributed by atoms with E-state index in [2.05, 4.69) is 37.2 Å². The number of ether oxygens (including phenoxy) is 1. The summed E-state index contributed by atoms with van der Waals surface area (Å²) in [6.07, 6.45) is 8.00. The quantitative estimate of drug-likeness (QED) is 0.609. The molecule has 0 fully saturated rings. The molecule has 1 aromatic carbocycles. The van der Waals surface area contributed by atoms with E-state index in [1.165, 1.54) is 5.56 Å². The van der Waals surface area contributed by atoms with Crippen LogP contribution >= 0.6 is 0 Å². The van der Waals surface area contributed by atoms with Gasteiger partial charge in [0.15, 0.2) is 0 Å². The van der Waals surface area contributed by atoms with Crippen molar-refractivity contribution in [2.45, 2.75) is 6.92 Å². The fourth-order valence-corrected chi connectivity index (χ4v) is 1.25. The molecule has 2 rings (SSSR count). The number of hydrogen-bond donors (Lipinski definition) is 1. The van der Waals surface area contributed by atoms with Crippen molar-refractivity contribution in [2.75, 3.05) is 18.5 Å². The standard InChI is InChI=1S/C9H11NO.C2H2/c1-7-2-3-9-8(6-7)10-4-5-11-9;1-2/h2-3,6,10H,4-5H2,1H3;1-2H. The van der Waals surface area contributed by atoms with Gasteiger partial charge in [-0.25, -0.2) is 0 Å². The number of benzene rings is 1. The van der Waals surface area contributed by atoms with Gasteiger partial charge >= 0.3 is 0 Å². The Morgan fingerprint density at radius 2 is 2.15 bits per heavy atom. The Hall–Kier alpha value is -1.62. The SMILES string of the molecule is C#C.Cc1ccc2c(c1)NCCO2. The molecular weight excluding hydrogens is 162 g/mol. The molecule has 0 saturated heterocycles. The Kier molecular flexibility index (Phi) is 3.22. The first-order valence-corrected chi connectivity index (χ1v) is 4.17. The highest BCUT2D eigenvalue weighted by Gasteiger charge is 2.07. The summed E-state index contributed by atoms with van der Waals surface area (Å²) >= 11 is 0. The number of aryl methyl sites for hydroxylation is 1. The van der Waals surface area contributed by atoms with Crippen LogP contribution in [-0.2, 0) is 0 Å². The van der Waals surface area contributed by atoms with Gasteiger partial charge in [-0.05, 0) is 24.6 Å². The Morgan fingerprint density at radius 1 is 1.38 bits per heavy atom. The van der Waals surface area contributed by atoms with Crippen molar-refractivity contribution in [2.24, 2.45) is 0 Å². The second-order valence-corrected chi connectivity index (χ2v) is 2.77. The van der Waals surface area contributed by atoms with E-state index in [4.69, 9.17) is 4.74 Å². The van der Waals surface area contributed by atoms with Crippen LogP contribution in [0.25, 0.3) is 0 Å². The number of terminal acetylenes is 1. The van der Waals surface area contributed by atoms with E-state index in [0.29, 0.717) is 0 Å². The molecule has 0 atom stereocenters. The number of hydrogen-bond acceptors (Lipinski definition) is 2. The summed E-state index contributed by atoms with van der Waals surface area (Å²) in [6, 6.07) is 6.18. The number of rotatable bonds is 0. The third-order valence-corrected chi connectivity index (χ3v) is 1.81. The smallest absolute Gasteiger partial charge is 0.142 e. The van der Waals surface area contributed by atoms with Crippen molar-refractivity contribution in [3.05, 3.63) is 23.8 Å². The van der Waals surface area contributed by atoms with Crippen LogP contribution in [0.3, 0.4) is 0 Å². The van der Waals surface area contributed by atoms with Gasteiger partial charge in [-0.3, -0.25) is 0 Å². The first-order valence-electron chi connectivity index (χ1n) is 4.17. The molecule has 1 aromatic rings. The monoisotopic (exact) mass is 175 g/mol. The second-order valence-electron chi connectivity index (χ2n) is 2.77. The lowest BCUT2D eigenvalue weighted by Crippen LogP contribution is -2.17. The summed E-state index contributed by atoms with van der Waals surface area (Å²) in [5.41, 5.74) is 2.39. The molecule has 13 heavy (non-hydrogen) atoms. The van der Waals surface area contributed by atoms with Crippen LogP contribution in [-0.4, -0.2) is 13.2 Å². The summed E-state index contributed by atoms with van der Waals surface area (Å²) in [5, 5.41) is 3.28. The van der Waals surface area contributed by atoms with Crippen LogP contribution in [0, 0.1) is 19.8 Å². The van der Waals surface area contributed by atoms with Crippen molar-refractivity contribution in [1.29, 1.82) is 0 Å². The van der Waals surface area contributed by atoms with Crippen LogP contribution in [0.4, 0.5) is 5.69 Å². The van der Waals surface area contributed by atoms with Crippen molar-refractivity contribution in [3.63, 3.8) is 0 Å². The molecule has 1 aliphatic heterocycles. The maximum atomic E-state index is 5.42. The van der Waals surface area contributed by atoms with Crippen LogP contribution in [0.2, 0.25) is 0 Å². The predicted molar refractivity (Wildman–Crippen MR) is 55.1 cm³/mol. The minimum absolute atomic E-state index is 0.774. The molecule has 0 aromatic heterocycles. The topological polar surface area (TPSA) is 21.3 Å². The molecule has 0 radical (unpaired) electrons. The summed E-state index contributed by atoms with van der Waals surface area (Å²) in [7, 11) is 0. The lowest BCUT2D eigenvalue weighted by molar-refractivity contribution is 0.323. The van der Waals surface area contributed by atoms with Crippen LogP contribution in [0.1, 0.15) is 5.56 Å². The molecule has 0 spiro atoms. The molecule has 68 valence electrons. The van der Waals surface area contributed by atoms with E-state index in [1.54, 1.807) is 0 Å². The van der Waals surface area contributed by atoms with E-state index < -0.39 is 0 Å². The number of fused-ring (bicyclic) bond motifs is 1. The molecule has 0 amide bonds. The Bertz CT molecular complexity index is 304. The maximum Gasteiger partial charge on any atom is 0.142 e. The third kappa shape index (κ3) is 2.16. The van der Waals surface area contributed by atoms with Crippen LogP contribution in [0.5, 0.6) is 5.75 Å². The zero-order valence-corrected chi connectivity index (χ0v) is 7.71. The third-order valence-electron chi connectivity index (χ3n) is 1.81. The molecule has 2 heteroatoms. The van der Waals surface area contributed by atoms with Gasteiger partial charge in [-0.2, -0.15) is 0 Å². The lowest BCUT2D eigenvalue weighted by Gasteiger charge is -2.18. The summed E-state index contributed by atoms with van der Waals surface area (Å²) in [5.74, 6) is 0.974. The van der Waals surface area contributed by atoms with Crippen LogP contribution < -0.4 is 10.1 Å². The molecule has 0 saturated carbocycles. The maximum absolute atomic E-state index is 5.42. The zero-order chi connectivity index (χ0) is 9.68. The van der Waals surface area contributed by atoms with Gasteiger partial charge in [0.05, 0.1) is 5.69 Å². The first-order chi connectivity index (χ1) is 6.36. The second kappa shape index (κ2) is 4.42. The van der Waals surface area contributed by atoms with E-state index in [1.807, 2.05) is 6.07 Å². The highest BCUT2D eigenvalue weighted by atomic mass is 16.5. The highest BCUT2D eigenvalue weighted by molar-refractivity contribution is 5.59. The number of anilines is 1. The molecule has 1 heterocycles. The normalized spacial score (nSPS) is 12.5. The fraction of sp³-hybridized carbons (Fsp3) is 0.273. The molecule has 0 aliphatic carbocycles. The van der Waals surface area contributed by atoms with E-state index in [9.17, 15) is 0 Å². The van der Waals surface area contributed by atoms with Crippen molar-refractivity contribution in [1.82, 2.24) is 0 Å². The minimum atomic E-state index is 0.774. The minimum Gasteiger partial charge on any atom is -0.490 e. The van der Waals surface area contributed by atoms with Gasteiger partial charge in [-0.15, -0.1) is 12.8 Å². The predicted octanol–water partition coefficient (Wildman–Crippen LogP) is 2.05. The number of nitrogens with one attached hydrogen (secondary N) is 1. The van der Waals surface area contributed by atoms with Crippen LogP contribution in [0.15, 0.2) is 18.2 Å². The summed E-state index contributed by atoms with van der Waals surface area (Å²) in [6.45, 7) is 3.77. The lowest BCUT2D eigenvalue weighted by atomic mass is 10.2. The molecule has 0 unspecified atom stereocenters. The zero-order valence-electron chi connectivity index (χ0n) is 7.71. The molecule has 1 N–H and O–H groups in total. The molecule has 1 aliphatic rings. The van der Waals surface area contributed by atoms with E-state index in [-0.39, 0.29) is 0 Å². The molecule has 2 nitrogen and oxygen atoms in total. The van der Waals surface area contributed by atoms with Crippen molar-refractivity contribution in [3.8, 4) is 18.6 Å². The van der Waals surface area contributed by atoms with Gasteiger partial charge in [-0.1, -0.05) is 6.07 Å². The average Bonchev–Trinajstić information content (AvgIpc) is 2.21. The largest absolute Gasteiger partial charge is 0.490 e. The average molecular weight is 175 g/mol. The van der Waals surface area contributed by atoms with Crippen molar-refractivity contribution >= 4 is 5.69 Å². The molecular formula is C11H13NO. The Balaban J connectivity index is 0.000000396.